The summed E-state index contributed by atoms with van der Waals surface area (Å²) in [7, 11) is 0. The third kappa shape index (κ3) is 4.19. The molecule has 0 fully saturated rings. The first-order valence-corrected chi connectivity index (χ1v) is 7.52. The van der Waals surface area contributed by atoms with Gasteiger partial charge in [-0.05, 0) is 32.9 Å². The second kappa shape index (κ2) is 6.58. The number of nitrogen functional groups attached to an aromatic ring is 1. The predicted molar refractivity (Wildman–Crippen MR) is 83.3 cm³/mol. The fourth-order valence-corrected chi connectivity index (χ4v) is 2.30. The molecular formula is C15H18N2O3S. The number of aromatic nitrogens is 1. The minimum atomic E-state index is -0.664. The van der Waals surface area contributed by atoms with Gasteiger partial charge in [0, 0.05) is 10.9 Å². The molecule has 1 heterocycles. The highest BCUT2D eigenvalue weighted by molar-refractivity contribution is 7.13. The minimum Gasteiger partial charge on any atom is -0.479 e. The molecule has 0 bridgehead atoms. The third-order valence-electron chi connectivity index (χ3n) is 2.65. The van der Waals surface area contributed by atoms with Gasteiger partial charge in [0.15, 0.2) is 11.2 Å². The number of carbonyl (C=O) groups is 1. The molecular weight excluding hydrogens is 288 g/mol. The number of hydrogen-bond acceptors (Lipinski definition) is 6. The van der Waals surface area contributed by atoms with E-state index in [1.165, 1.54) is 11.3 Å². The van der Waals surface area contributed by atoms with Gasteiger partial charge in [0.05, 0.1) is 11.8 Å². The summed E-state index contributed by atoms with van der Waals surface area (Å²) in [6.45, 7) is 5.27. The number of thiazole rings is 1. The van der Waals surface area contributed by atoms with Crippen LogP contribution in [0.1, 0.15) is 20.8 Å². The second-order valence-electron chi connectivity index (χ2n) is 4.84. The monoisotopic (exact) mass is 306 g/mol. The lowest BCUT2D eigenvalue weighted by Crippen LogP contribution is -2.28. The first-order chi connectivity index (χ1) is 9.95. The van der Waals surface area contributed by atoms with Gasteiger partial charge in [-0.1, -0.05) is 12.1 Å². The summed E-state index contributed by atoms with van der Waals surface area (Å²) in [5.74, 6) is 0.209. The molecule has 1 aromatic carbocycles. The van der Waals surface area contributed by atoms with Crippen molar-refractivity contribution in [3.63, 3.8) is 0 Å². The van der Waals surface area contributed by atoms with E-state index in [9.17, 15) is 4.79 Å². The van der Waals surface area contributed by atoms with Crippen LogP contribution < -0.4 is 10.5 Å². The van der Waals surface area contributed by atoms with E-state index < -0.39 is 6.10 Å². The van der Waals surface area contributed by atoms with Crippen molar-refractivity contribution in [2.24, 2.45) is 0 Å². The van der Waals surface area contributed by atoms with Gasteiger partial charge in [-0.15, -0.1) is 11.3 Å². The van der Waals surface area contributed by atoms with Crippen LogP contribution in [0, 0.1) is 0 Å². The quantitative estimate of drug-likeness (QED) is 0.859. The Morgan fingerprint density at radius 2 is 2.10 bits per heavy atom. The zero-order valence-corrected chi connectivity index (χ0v) is 13.0. The molecule has 112 valence electrons. The first-order valence-electron chi connectivity index (χ1n) is 6.64. The van der Waals surface area contributed by atoms with Crippen LogP contribution in [-0.4, -0.2) is 23.2 Å². The number of hydrogen-bond donors (Lipinski definition) is 1. The Kier molecular flexibility index (Phi) is 4.80. The zero-order chi connectivity index (χ0) is 15.4. The standard InChI is InChI=1S/C15H18N2O3S/c1-9(2)19-14(18)10(3)20-12-6-4-5-11(7-12)13-8-21-15(16)17-13/h4-10H,1-3H3,(H2,16,17). The summed E-state index contributed by atoms with van der Waals surface area (Å²) in [4.78, 5) is 16.0. The van der Waals surface area contributed by atoms with E-state index in [0.717, 1.165) is 11.3 Å². The summed E-state index contributed by atoms with van der Waals surface area (Å²) in [5, 5.41) is 2.40. The highest BCUT2D eigenvalue weighted by Gasteiger charge is 2.17. The number of nitrogens with zero attached hydrogens (tertiary/aromatic N) is 1. The maximum atomic E-state index is 11.7. The van der Waals surface area contributed by atoms with Crippen LogP contribution in [0.4, 0.5) is 5.13 Å². The fraction of sp³-hybridized carbons (Fsp3) is 0.333. The lowest BCUT2D eigenvalue weighted by atomic mass is 10.1. The Morgan fingerprint density at radius 1 is 1.33 bits per heavy atom. The molecule has 0 aliphatic carbocycles. The van der Waals surface area contributed by atoms with Crippen molar-refractivity contribution in [2.75, 3.05) is 5.73 Å². The van der Waals surface area contributed by atoms with Crippen LogP contribution >= 0.6 is 11.3 Å². The van der Waals surface area contributed by atoms with Crippen molar-refractivity contribution in [1.82, 2.24) is 4.98 Å². The van der Waals surface area contributed by atoms with E-state index in [0.29, 0.717) is 10.9 Å². The molecule has 0 amide bonds. The Bertz CT molecular complexity index is 625. The molecule has 0 spiro atoms. The molecule has 2 N–H and O–H groups in total. The number of carbonyl (C=O) groups excluding carboxylic acids is 1. The predicted octanol–water partition coefficient (Wildman–Crippen LogP) is 3.11. The van der Waals surface area contributed by atoms with E-state index >= 15 is 0 Å². The lowest BCUT2D eigenvalue weighted by Gasteiger charge is -2.16. The Balaban J connectivity index is 2.09. The number of ether oxygens (including phenoxy) is 2. The number of rotatable bonds is 5. The van der Waals surface area contributed by atoms with Gasteiger partial charge in [0.25, 0.3) is 0 Å². The molecule has 0 aliphatic rings. The van der Waals surface area contributed by atoms with Gasteiger partial charge in [0.1, 0.15) is 5.75 Å². The highest BCUT2D eigenvalue weighted by Crippen LogP contribution is 2.26. The molecule has 0 saturated heterocycles. The van der Waals surface area contributed by atoms with Gasteiger partial charge in [0.2, 0.25) is 0 Å². The van der Waals surface area contributed by atoms with Crippen molar-refractivity contribution in [3.8, 4) is 17.0 Å². The average molecular weight is 306 g/mol. The largest absolute Gasteiger partial charge is 0.479 e. The maximum absolute atomic E-state index is 11.7. The first kappa shape index (κ1) is 15.3. The van der Waals surface area contributed by atoms with Crippen molar-refractivity contribution in [3.05, 3.63) is 29.6 Å². The number of benzene rings is 1. The fourth-order valence-electron chi connectivity index (χ4n) is 1.73. The summed E-state index contributed by atoms with van der Waals surface area (Å²) < 4.78 is 10.7. The molecule has 5 nitrogen and oxygen atoms in total. The Labute approximate surface area is 127 Å². The molecule has 1 unspecified atom stereocenters. The molecule has 6 heteroatoms. The Hall–Kier alpha value is -2.08. The molecule has 1 atom stereocenters. The summed E-state index contributed by atoms with van der Waals surface area (Å²) >= 11 is 1.38. The van der Waals surface area contributed by atoms with Crippen molar-refractivity contribution < 1.29 is 14.3 Å². The maximum Gasteiger partial charge on any atom is 0.347 e. The topological polar surface area (TPSA) is 74.4 Å². The van der Waals surface area contributed by atoms with Gasteiger partial charge >= 0.3 is 5.97 Å². The molecule has 2 rings (SSSR count). The van der Waals surface area contributed by atoms with Crippen molar-refractivity contribution >= 4 is 22.4 Å². The zero-order valence-electron chi connectivity index (χ0n) is 12.2. The summed E-state index contributed by atoms with van der Waals surface area (Å²) in [6.07, 6.45) is -0.823. The summed E-state index contributed by atoms with van der Waals surface area (Å²) in [6, 6.07) is 7.38. The molecule has 2 aromatic rings. The van der Waals surface area contributed by atoms with Gasteiger partial charge in [-0.25, -0.2) is 9.78 Å². The molecule has 21 heavy (non-hydrogen) atoms. The molecule has 0 saturated carbocycles. The van der Waals surface area contributed by atoms with Gasteiger partial charge in [-0.2, -0.15) is 0 Å². The van der Waals surface area contributed by atoms with E-state index in [-0.39, 0.29) is 12.1 Å². The van der Waals surface area contributed by atoms with E-state index in [1.807, 2.05) is 23.6 Å². The highest BCUT2D eigenvalue weighted by atomic mass is 32.1. The van der Waals surface area contributed by atoms with Gasteiger partial charge in [-0.3, -0.25) is 0 Å². The SMILES string of the molecule is CC(C)OC(=O)C(C)Oc1cccc(-c2csc(N)n2)c1. The normalized spacial score (nSPS) is 12.2. The van der Waals surface area contributed by atoms with Crippen LogP contribution in [0.25, 0.3) is 11.3 Å². The van der Waals surface area contributed by atoms with Crippen LogP contribution in [0.5, 0.6) is 5.75 Å². The number of anilines is 1. The van der Waals surface area contributed by atoms with Crippen LogP contribution in [0.2, 0.25) is 0 Å². The summed E-state index contributed by atoms with van der Waals surface area (Å²) in [5.41, 5.74) is 7.32. The van der Waals surface area contributed by atoms with E-state index in [2.05, 4.69) is 4.98 Å². The number of nitrogens with two attached hydrogens (primary N) is 1. The van der Waals surface area contributed by atoms with Crippen molar-refractivity contribution in [1.29, 1.82) is 0 Å². The van der Waals surface area contributed by atoms with Crippen LogP contribution in [0.15, 0.2) is 29.6 Å². The van der Waals surface area contributed by atoms with E-state index in [4.69, 9.17) is 15.2 Å². The van der Waals surface area contributed by atoms with E-state index in [1.54, 1.807) is 26.8 Å². The van der Waals surface area contributed by atoms with Gasteiger partial charge < -0.3 is 15.2 Å². The molecule has 1 aromatic heterocycles. The molecule has 0 aliphatic heterocycles. The average Bonchev–Trinajstić information content (AvgIpc) is 2.85. The van der Waals surface area contributed by atoms with Crippen LogP contribution in [-0.2, 0) is 9.53 Å². The Morgan fingerprint density at radius 3 is 2.71 bits per heavy atom. The van der Waals surface area contributed by atoms with Crippen LogP contribution in [0.3, 0.4) is 0 Å². The van der Waals surface area contributed by atoms with Crippen molar-refractivity contribution in [2.45, 2.75) is 33.0 Å². The third-order valence-corrected chi connectivity index (χ3v) is 3.32. The lowest BCUT2D eigenvalue weighted by molar-refractivity contribution is -0.154. The molecule has 0 radical (unpaired) electrons. The smallest absolute Gasteiger partial charge is 0.347 e. The number of esters is 1. The second-order valence-corrected chi connectivity index (χ2v) is 5.73. The minimum absolute atomic E-state index is 0.159.